The van der Waals surface area contributed by atoms with Crippen molar-refractivity contribution in [2.75, 3.05) is 18.2 Å². The Kier molecular flexibility index (Phi) is 3.01. The molecule has 0 aliphatic rings. The summed E-state index contributed by atoms with van der Waals surface area (Å²) < 4.78 is 5.18. The van der Waals surface area contributed by atoms with Gasteiger partial charge in [-0.25, -0.2) is 4.98 Å². The molecule has 114 valence electrons. The Morgan fingerprint density at radius 2 is 1.87 bits per heavy atom. The molecule has 0 saturated carbocycles. The molecular weight excluding hydrogens is 290 g/mol. The first-order valence-electron chi connectivity index (χ1n) is 7.19. The van der Waals surface area contributed by atoms with Crippen molar-refractivity contribution in [1.29, 1.82) is 0 Å². The van der Waals surface area contributed by atoms with Gasteiger partial charge in [-0.2, -0.15) is 5.10 Å². The van der Waals surface area contributed by atoms with Gasteiger partial charge in [0.15, 0.2) is 5.82 Å². The summed E-state index contributed by atoms with van der Waals surface area (Å²) >= 11 is 0. The molecule has 0 bridgehead atoms. The van der Waals surface area contributed by atoms with Crippen LogP contribution >= 0.6 is 0 Å². The summed E-state index contributed by atoms with van der Waals surface area (Å²) in [5.41, 5.74) is 8.68. The van der Waals surface area contributed by atoms with Gasteiger partial charge in [-0.1, -0.05) is 18.2 Å². The highest BCUT2D eigenvalue weighted by Crippen LogP contribution is 2.33. The lowest BCUT2D eigenvalue weighted by atomic mass is 10.1. The molecular formula is C17H15N5O. The minimum absolute atomic E-state index is 0.425. The number of pyridine rings is 1. The van der Waals surface area contributed by atoms with Crippen molar-refractivity contribution in [3.8, 4) is 5.75 Å². The average Bonchev–Trinajstić information content (AvgIpc) is 2.98. The Morgan fingerprint density at radius 1 is 1.09 bits per heavy atom. The lowest BCUT2D eigenvalue weighted by Gasteiger charge is -2.10. The molecule has 6 heteroatoms. The molecule has 0 aliphatic heterocycles. The van der Waals surface area contributed by atoms with E-state index in [1.54, 1.807) is 7.11 Å². The van der Waals surface area contributed by atoms with E-state index in [0.29, 0.717) is 11.6 Å². The highest BCUT2D eigenvalue weighted by molar-refractivity contribution is 6.12. The average molecular weight is 305 g/mol. The number of aromatic nitrogens is 3. The number of aromatic amines is 1. The number of nitrogens with two attached hydrogens (primary N) is 1. The van der Waals surface area contributed by atoms with Crippen LogP contribution in [-0.2, 0) is 0 Å². The number of hydrogen-bond donors (Lipinski definition) is 3. The number of para-hydroxylation sites is 1. The topological polar surface area (TPSA) is 88.8 Å². The van der Waals surface area contributed by atoms with Gasteiger partial charge in [0.1, 0.15) is 11.6 Å². The molecule has 2 heterocycles. The van der Waals surface area contributed by atoms with Crippen molar-refractivity contribution >= 4 is 39.1 Å². The zero-order valence-electron chi connectivity index (χ0n) is 12.5. The first-order valence-corrected chi connectivity index (χ1v) is 7.19. The molecule has 6 nitrogen and oxygen atoms in total. The van der Waals surface area contributed by atoms with Gasteiger partial charge in [0.05, 0.1) is 23.5 Å². The Bertz CT molecular complexity index is 991. The molecule has 4 aromatic rings. The molecule has 2 aromatic heterocycles. The van der Waals surface area contributed by atoms with Crippen LogP contribution in [0.5, 0.6) is 5.75 Å². The smallest absolute Gasteiger partial charge is 0.156 e. The van der Waals surface area contributed by atoms with Crippen LogP contribution in [0.15, 0.2) is 48.5 Å². The molecule has 0 unspecified atom stereocenters. The van der Waals surface area contributed by atoms with E-state index in [4.69, 9.17) is 15.5 Å². The standard InChI is InChI=1S/C17H15N5O/c1-23-11-8-6-10(7-9-11)19-17-14-15(21-22-16(14)18)12-4-2-3-5-13(12)20-17/h2-9H,1H3,(H,19,20)(H3,18,21,22). The fourth-order valence-corrected chi connectivity index (χ4v) is 2.65. The maximum absolute atomic E-state index is 6.02. The van der Waals surface area contributed by atoms with E-state index < -0.39 is 0 Å². The second-order valence-corrected chi connectivity index (χ2v) is 5.19. The van der Waals surface area contributed by atoms with Crippen LogP contribution in [0.4, 0.5) is 17.3 Å². The maximum Gasteiger partial charge on any atom is 0.156 e. The number of hydrogen-bond acceptors (Lipinski definition) is 5. The number of benzene rings is 2. The van der Waals surface area contributed by atoms with Gasteiger partial charge >= 0.3 is 0 Å². The van der Waals surface area contributed by atoms with Gasteiger partial charge in [0, 0.05) is 11.1 Å². The Balaban J connectivity index is 1.88. The van der Waals surface area contributed by atoms with E-state index in [1.165, 1.54) is 0 Å². The number of nitrogen functional groups attached to an aromatic ring is 1. The van der Waals surface area contributed by atoms with E-state index in [-0.39, 0.29) is 0 Å². The monoisotopic (exact) mass is 305 g/mol. The third-order valence-electron chi connectivity index (χ3n) is 3.79. The van der Waals surface area contributed by atoms with Crippen molar-refractivity contribution < 1.29 is 4.74 Å². The number of anilines is 3. The fraction of sp³-hybridized carbons (Fsp3) is 0.0588. The van der Waals surface area contributed by atoms with Gasteiger partial charge < -0.3 is 15.8 Å². The van der Waals surface area contributed by atoms with E-state index in [2.05, 4.69) is 15.5 Å². The number of fused-ring (bicyclic) bond motifs is 3. The first-order chi connectivity index (χ1) is 11.3. The second kappa shape index (κ2) is 5.17. The van der Waals surface area contributed by atoms with Crippen molar-refractivity contribution in [3.63, 3.8) is 0 Å². The van der Waals surface area contributed by atoms with E-state index in [1.807, 2.05) is 48.5 Å². The summed E-state index contributed by atoms with van der Waals surface area (Å²) in [6.07, 6.45) is 0. The molecule has 4 rings (SSSR count). The zero-order chi connectivity index (χ0) is 15.8. The zero-order valence-corrected chi connectivity index (χ0v) is 12.5. The molecule has 0 spiro atoms. The lowest BCUT2D eigenvalue weighted by molar-refractivity contribution is 0.415. The summed E-state index contributed by atoms with van der Waals surface area (Å²) in [4.78, 5) is 4.69. The van der Waals surface area contributed by atoms with Crippen molar-refractivity contribution in [3.05, 3.63) is 48.5 Å². The van der Waals surface area contributed by atoms with Crippen molar-refractivity contribution in [1.82, 2.24) is 15.2 Å². The Hall–Kier alpha value is -3.28. The van der Waals surface area contributed by atoms with Gasteiger partial charge in [0.25, 0.3) is 0 Å². The predicted octanol–water partition coefficient (Wildman–Crippen LogP) is 3.45. The quantitative estimate of drug-likeness (QED) is 0.539. The Morgan fingerprint density at radius 3 is 2.65 bits per heavy atom. The number of H-pyrrole nitrogens is 1. The highest BCUT2D eigenvalue weighted by atomic mass is 16.5. The van der Waals surface area contributed by atoms with Crippen LogP contribution in [-0.4, -0.2) is 22.3 Å². The SMILES string of the molecule is COc1ccc(Nc2nc3ccccc3c3[nH]nc(N)c23)cc1. The summed E-state index contributed by atoms with van der Waals surface area (Å²) in [5.74, 6) is 1.90. The van der Waals surface area contributed by atoms with Gasteiger partial charge in [0.2, 0.25) is 0 Å². The molecule has 4 N–H and O–H groups in total. The number of ether oxygens (including phenoxy) is 1. The number of nitrogens with one attached hydrogen (secondary N) is 2. The largest absolute Gasteiger partial charge is 0.497 e. The fourth-order valence-electron chi connectivity index (χ4n) is 2.65. The van der Waals surface area contributed by atoms with Crippen LogP contribution in [0.25, 0.3) is 21.8 Å². The molecule has 0 amide bonds. The third-order valence-corrected chi connectivity index (χ3v) is 3.79. The minimum Gasteiger partial charge on any atom is -0.497 e. The number of methoxy groups -OCH3 is 1. The van der Waals surface area contributed by atoms with Crippen molar-refractivity contribution in [2.45, 2.75) is 0 Å². The maximum atomic E-state index is 6.02. The highest BCUT2D eigenvalue weighted by Gasteiger charge is 2.14. The first kappa shape index (κ1) is 13.4. The third kappa shape index (κ3) is 2.20. The van der Waals surface area contributed by atoms with Gasteiger partial charge in [-0.05, 0) is 30.3 Å². The van der Waals surface area contributed by atoms with E-state index >= 15 is 0 Å². The van der Waals surface area contributed by atoms with Crippen LogP contribution in [0.1, 0.15) is 0 Å². The van der Waals surface area contributed by atoms with Crippen LogP contribution in [0.2, 0.25) is 0 Å². The normalized spacial score (nSPS) is 11.0. The summed E-state index contributed by atoms with van der Waals surface area (Å²) in [5, 5.41) is 12.2. The molecule has 2 aromatic carbocycles. The predicted molar refractivity (Wildman–Crippen MR) is 92.1 cm³/mol. The Labute approximate surface area is 132 Å². The summed E-state index contributed by atoms with van der Waals surface area (Å²) in [6, 6.07) is 15.5. The molecule has 0 fully saturated rings. The van der Waals surface area contributed by atoms with Crippen LogP contribution in [0, 0.1) is 0 Å². The van der Waals surface area contributed by atoms with Crippen molar-refractivity contribution in [2.24, 2.45) is 0 Å². The molecule has 0 radical (unpaired) electrons. The second-order valence-electron chi connectivity index (χ2n) is 5.19. The molecule has 0 atom stereocenters. The summed E-state index contributed by atoms with van der Waals surface area (Å²) in [6.45, 7) is 0. The number of rotatable bonds is 3. The summed E-state index contributed by atoms with van der Waals surface area (Å²) in [7, 11) is 1.64. The lowest BCUT2D eigenvalue weighted by Crippen LogP contribution is -1.97. The van der Waals surface area contributed by atoms with E-state index in [9.17, 15) is 0 Å². The van der Waals surface area contributed by atoms with E-state index in [0.717, 1.165) is 33.2 Å². The molecule has 0 saturated heterocycles. The van der Waals surface area contributed by atoms with Crippen LogP contribution < -0.4 is 15.8 Å². The molecule has 23 heavy (non-hydrogen) atoms. The van der Waals surface area contributed by atoms with Gasteiger partial charge in [-0.3, -0.25) is 5.10 Å². The van der Waals surface area contributed by atoms with Gasteiger partial charge in [-0.15, -0.1) is 0 Å². The minimum atomic E-state index is 0.425. The van der Waals surface area contributed by atoms with Crippen LogP contribution in [0.3, 0.4) is 0 Å². The number of nitrogens with zero attached hydrogens (tertiary/aromatic N) is 2. The molecule has 0 aliphatic carbocycles.